The van der Waals surface area contributed by atoms with E-state index < -0.39 is 0 Å². The van der Waals surface area contributed by atoms with Crippen molar-refractivity contribution in [2.24, 2.45) is 0 Å². The second-order valence-electron chi connectivity index (χ2n) is 12.2. The number of pyridine rings is 1. The maximum Gasteiger partial charge on any atom is 0.0710 e. The maximum absolute atomic E-state index is 5.04. The molecule has 226 valence electrons. The summed E-state index contributed by atoms with van der Waals surface area (Å²) >= 11 is 3.60. The molecule has 0 atom stereocenters. The Balaban J connectivity index is 1.26. The number of benzene rings is 7. The van der Waals surface area contributed by atoms with Crippen LogP contribution >= 0.6 is 15.9 Å². The Labute approximate surface area is 287 Å². The van der Waals surface area contributed by atoms with E-state index in [0.29, 0.717) is 0 Å². The van der Waals surface area contributed by atoms with E-state index in [2.05, 4.69) is 190 Å². The zero-order chi connectivity index (χ0) is 32.0. The van der Waals surface area contributed by atoms with Crippen LogP contribution in [0.25, 0.3) is 83.0 Å². The van der Waals surface area contributed by atoms with Crippen LogP contribution < -0.4 is 0 Å². The van der Waals surface area contributed by atoms with Gasteiger partial charge < -0.3 is 4.57 Å². The van der Waals surface area contributed by atoms with Crippen LogP contribution in [0.4, 0.5) is 0 Å². The van der Waals surface area contributed by atoms with Crippen LogP contribution in [-0.4, -0.2) is 9.55 Å². The smallest absolute Gasteiger partial charge is 0.0710 e. The fourth-order valence-corrected chi connectivity index (χ4v) is 7.16. The normalized spacial score (nSPS) is 11.4. The van der Waals surface area contributed by atoms with Crippen LogP contribution in [0.5, 0.6) is 0 Å². The summed E-state index contributed by atoms with van der Waals surface area (Å²) in [5.41, 5.74) is 13.7. The van der Waals surface area contributed by atoms with Crippen molar-refractivity contribution >= 4 is 48.6 Å². The minimum Gasteiger partial charge on any atom is -0.309 e. The van der Waals surface area contributed by atoms with Gasteiger partial charge in [0.15, 0.2) is 0 Å². The molecule has 48 heavy (non-hydrogen) atoms. The summed E-state index contributed by atoms with van der Waals surface area (Å²) in [6.07, 6.45) is 0. The fourth-order valence-electron chi connectivity index (χ4n) is 6.90. The van der Waals surface area contributed by atoms with Gasteiger partial charge in [-0.05, 0) is 81.9 Å². The summed E-state index contributed by atoms with van der Waals surface area (Å²) in [5, 5.41) is 3.58. The van der Waals surface area contributed by atoms with E-state index >= 15 is 0 Å². The standard InChI is InChI=1S/C45H29BrN2/c46-36-21-14-32(15-22-36)38-11-5-6-12-39(38)34-18-25-40-41-26-19-35(43-27-20-33-10-4-7-13-42(33)47-43)29-45(41)48(44(40)28-34)37-23-16-31(17-24-37)30-8-2-1-3-9-30/h1-29H. The lowest BCUT2D eigenvalue weighted by molar-refractivity contribution is 1.18. The second-order valence-corrected chi connectivity index (χ2v) is 13.1. The quantitative estimate of drug-likeness (QED) is 0.177. The van der Waals surface area contributed by atoms with Gasteiger partial charge in [0.1, 0.15) is 0 Å². The molecule has 2 heterocycles. The molecule has 0 spiro atoms. The van der Waals surface area contributed by atoms with E-state index in [1.54, 1.807) is 0 Å². The topological polar surface area (TPSA) is 17.8 Å². The highest BCUT2D eigenvalue weighted by atomic mass is 79.9. The Morgan fingerprint density at radius 1 is 0.417 bits per heavy atom. The zero-order valence-corrected chi connectivity index (χ0v) is 27.6. The van der Waals surface area contributed by atoms with Gasteiger partial charge in [-0.2, -0.15) is 0 Å². The van der Waals surface area contributed by atoms with Gasteiger partial charge in [0.25, 0.3) is 0 Å². The van der Waals surface area contributed by atoms with E-state index in [1.165, 1.54) is 49.7 Å². The zero-order valence-electron chi connectivity index (χ0n) is 26.0. The first-order valence-electron chi connectivity index (χ1n) is 16.2. The monoisotopic (exact) mass is 676 g/mol. The average Bonchev–Trinajstić information content (AvgIpc) is 3.48. The third kappa shape index (κ3) is 5.00. The fraction of sp³-hybridized carbons (Fsp3) is 0. The van der Waals surface area contributed by atoms with Gasteiger partial charge in [-0.25, -0.2) is 4.98 Å². The lowest BCUT2D eigenvalue weighted by Gasteiger charge is -2.13. The van der Waals surface area contributed by atoms with Crippen LogP contribution in [0, 0.1) is 0 Å². The number of para-hydroxylation sites is 1. The molecule has 0 aliphatic heterocycles. The van der Waals surface area contributed by atoms with Gasteiger partial charge in [-0.3, -0.25) is 0 Å². The third-order valence-electron chi connectivity index (χ3n) is 9.29. The van der Waals surface area contributed by atoms with Crippen molar-refractivity contribution in [3.05, 3.63) is 180 Å². The molecule has 0 unspecified atom stereocenters. The minimum absolute atomic E-state index is 0.968. The lowest BCUT2D eigenvalue weighted by atomic mass is 9.94. The molecule has 0 saturated heterocycles. The molecule has 7 aromatic carbocycles. The summed E-state index contributed by atoms with van der Waals surface area (Å²) in [6, 6.07) is 63.0. The molecule has 0 N–H and O–H groups in total. The predicted octanol–water partition coefficient (Wildman–Crippen LogP) is 12.8. The van der Waals surface area contributed by atoms with E-state index in [4.69, 9.17) is 4.98 Å². The van der Waals surface area contributed by atoms with Gasteiger partial charge in [-0.1, -0.05) is 143 Å². The highest BCUT2D eigenvalue weighted by Crippen LogP contribution is 2.39. The predicted molar refractivity (Wildman–Crippen MR) is 206 cm³/mol. The molecule has 2 nitrogen and oxygen atoms in total. The summed E-state index contributed by atoms with van der Waals surface area (Å²) in [4.78, 5) is 5.04. The van der Waals surface area contributed by atoms with Crippen molar-refractivity contribution in [1.29, 1.82) is 0 Å². The molecule has 0 aliphatic rings. The number of halogens is 1. The molecule has 0 fully saturated rings. The van der Waals surface area contributed by atoms with Crippen molar-refractivity contribution in [3.8, 4) is 50.3 Å². The average molecular weight is 678 g/mol. The summed E-state index contributed by atoms with van der Waals surface area (Å²) < 4.78 is 3.49. The molecular formula is C45H29BrN2. The third-order valence-corrected chi connectivity index (χ3v) is 9.82. The summed E-state index contributed by atoms with van der Waals surface area (Å²) in [5.74, 6) is 0. The first-order valence-corrected chi connectivity index (χ1v) is 16.9. The van der Waals surface area contributed by atoms with E-state index in [0.717, 1.165) is 37.8 Å². The second kappa shape index (κ2) is 11.8. The summed E-state index contributed by atoms with van der Waals surface area (Å²) in [6.45, 7) is 0. The Morgan fingerprint density at radius 3 is 1.73 bits per heavy atom. The van der Waals surface area contributed by atoms with Gasteiger partial charge in [0, 0.05) is 31.9 Å². The Bertz CT molecular complexity index is 2600. The number of rotatable bonds is 5. The number of aromatic nitrogens is 2. The largest absolute Gasteiger partial charge is 0.309 e. The van der Waals surface area contributed by atoms with Gasteiger partial charge in [-0.15, -0.1) is 0 Å². The lowest BCUT2D eigenvalue weighted by Crippen LogP contribution is -1.95. The molecule has 0 aliphatic carbocycles. The van der Waals surface area contributed by atoms with Crippen LogP contribution in [-0.2, 0) is 0 Å². The SMILES string of the molecule is Brc1ccc(-c2ccccc2-c2ccc3c4ccc(-c5ccc6ccccc6n5)cc4n(-c4ccc(-c5ccccc5)cc4)c3c2)cc1. The molecule has 0 bridgehead atoms. The highest BCUT2D eigenvalue weighted by molar-refractivity contribution is 9.10. The Morgan fingerprint density at radius 2 is 0.979 bits per heavy atom. The van der Waals surface area contributed by atoms with Crippen molar-refractivity contribution < 1.29 is 0 Å². The van der Waals surface area contributed by atoms with E-state index in [1.807, 2.05) is 6.07 Å². The minimum atomic E-state index is 0.968. The van der Waals surface area contributed by atoms with Crippen LogP contribution in [0.3, 0.4) is 0 Å². The van der Waals surface area contributed by atoms with Crippen molar-refractivity contribution in [2.45, 2.75) is 0 Å². The van der Waals surface area contributed by atoms with E-state index in [9.17, 15) is 0 Å². The van der Waals surface area contributed by atoms with Crippen molar-refractivity contribution in [2.75, 3.05) is 0 Å². The molecule has 0 radical (unpaired) electrons. The molecule has 2 aromatic heterocycles. The van der Waals surface area contributed by atoms with E-state index in [-0.39, 0.29) is 0 Å². The molecule has 3 heteroatoms. The molecule has 9 aromatic rings. The number of nitrogens with zero attached hydrogens (tertiary/aromatic N) is 2. The Hall–Kier alpha value is -5.77. The number of fused-ring (bicyclic) bond motifs is 4. The van der Waals surface area contributed by atoms with Crippen LogP contribution in [0.1, 0.15) is 0 Å². The number of hydrogen-bond donors (Lipinski definition) is 0. The molecule has 9 rings (SSSR count). The first-order chi connectivity index (χ1) is 23.7. The van der Waals surface area contributed by atoms with Crippen LogP contribution in [0.2, 0.25) is 0 Å². The van der Waals surface area contributed by atoms with Gasteiger partial charge >= 0.3 is 0 Å². The molecular weight excluding hydrogens is 648 g/mol. The van der Waals surface area contributed by atoms with Gasteiger partial charge in [0.2, 0.25) is 0 Å². The first kappa shape index (κ1) is 28.5. The maximum atomic E-state index is 5.04. The Kier molecular flexibility index (Phi) is 6.99. The molecule has 0 amide bonds. The summed E-state index contributed by atoms with van der Waals surface area (Å²) in [7, 11) is 0. The van der Waals surface area contributed by atoms with Gasteiger partial charge in [0.05, 0.1) is 22.2 Å². The number of hydrogen-bond acceptors (Lipinski definition) is 1. The molecule has 0 saturated carbocycles. The highest BCUT2D eigenvalue weighted by Gasteiger charge is 2.17. The van der Waals surface area contributed by atoms with Crippen LogP contribution in [0.15, 0.2) is 180 Å². The van der Waals surface area contributed by atoms with Crippen molar-refractivity contribution in [3.63, 3.8) is 0 Å². The van der Waals surface area contributed by atoms with Crippen molar-refractivity contribution in [1.82, 2.24) is 9.55 Å².